The van der Waals surface area contributed by atoms with Crippen LogP contribution in [0.25, 0.3) is 0 Å². The third-order valence-corrected chi connectivity index (χ3v) is 3.49. The molecule has 0 unspecified atom stereocenters. The average molecular weight is 237 g/mol. The van der Waals surface area contributed by atoms with Crippen molar-refractivity contribution in [2.24, 2.45) is 0 Å². The fraction of sp³-hybridized carbons (Fsp3) is 0.692. The lowest BCUT2D eigenvalue weighted by atomic mass is 10.0. The molecule has 0 bridgehead atoms. The minimum absolute atomic E-state index is 0.333. The van der Waals surface area contributed by atoms with Crippen LogP contribution in [0.15, 0.2) is 16.5 Å². The second-order valence-electron chi connectivity index (χ2n) is 4.93. The van der Waals surface area contributed by atoms with Crippen LogP contribution in [0.3, 0.4) is 0 Å². The van der Waals surface area contributed by atoms with Crippen molar-refractivity contribution in [1.29, 1.82) is 0 Å². The monoisotopic (exact) mass is 237 g/mol. The zero-order valence-corrected chi connectivity index (χ0v) is 10.3. The maximum absolute atomic E-state index is 5.76. The standard InChI is InChI=1S/C13H19NO3/c1-11-3-4-12(17-11)9-14-6-2-5-13(10-14)15-7-8-16-13/h3-4H,2,5-10H2,1H3. The summed E-state index contributed by atoms with van der Waals surface area (Å²) in [4.78, 5) is 2.35. The highest BCUT2D eigenvalue weighted by Crippen LogP contribution is 2.30. The number of likely N-dealkylation sites (tertiary alicyclic amines) is 1. The molecule has 3 rings (SSSR count). The van der Waals surface area contributed by atoms with E-state index < -0.39 is 0 Å². The first-order valence-corrected chi connectivity index (χ1v) is 6.31. The largest absolute Gasteiger partial charge is 0.465 e. The summed E-state index contributed by atoms with van der Waals surface area (Å²) in [5.41, 5.74) is 0. The van der Waals surface area contributed by atoms with Crippen molar-refractivity contribution in [1.82, 2.24) is 4.90 Å². The molecule has 1 aromatic rings. The van der Waals surface area contributed by atoms with Gasteiger partial charge in [-0.1, -0.05) is 0 Å². The molecule has 1 aromatic heterocycles. The number of aryl methyl sites for hydroxylation is 1. The van der Waals surface area contributed by atoms with Gasteiger partial charge < -0.3 is 13.9 Å². The van der Waals surface area contributed by atoms with E-state index in [2.05, 4.69) is 4.90 Å². The highest BCUT2D eigenvalue weighted by molar-refractivity contribution is 5.05. The Kier molecular flexibility index (Phi) is 2.94. The van der Waals surface area contributed by atoms with Gasteiger partial charge in [-0.25, -0.2) is 0 Å². The molecule has 0 radical (unpaired) electrons. The molecule has 3 heterocycles. The van der Waals surface area contributed by atoms with Gasteiger partial charge in [0.25, 0.3) is 0 Å². The summed E-state index contributed by atoms with van der Waals surface area (Å²) in [6, 6.07) is 4.06. The molecule has 0 amide bonds. The average Bonchev–Trinajstić information content (AvgIpc) is 2.89. The van der Waals surface area contributed by atoms with Crippen LogP contribution in [0, 0.1) is 6.92 Å². The first-order chi connectivity index (χ1) is 8.26. The molecular formula is C13H19NO3. The Balaban J connectivity index is 1.64. The van der Waals surface area contributed by atoms with Crippen molar-refractivity contribution in [3.05, 3.63) is 23.7 Å². The summed E-state index contributed by atoms with van der Waals surface area (Å²) < 4.78 is 17.1. The second-order valence-corrected chi connectivity index (χ2v) is 4.93. The molecule has 0 aliphatic carbocycles. The lowest BCUT2D eigenvalue weighted by molar-refractivity contribution is -0.190. The van der Waals surface area contributed by atoms with E-state index in [4.69, 9.17) is 13.9 Å². The van der Waals surface area contributed by atoms with Crippen molar-refractivity contribution >= 4 is 0 Å². The predicted octanol–water partition coefficient (Wildman–Crippen LogP) is 1.93. The Labute approximate surface area is 101 Å². The lowest BCUT2D eigenvalue weighted by Gasteiger charge is -2.38. The summed E-state index contributed by atoms with van der Waals surface area (Å²) in [6.45, 7) is 6.23. The SMILES string of the molecule is Cc1ccc(CN2CCCC3(C2)OCCO3)o1. The molecule has 94 valence electrons. The first kappa shape index (κ1) is 11.3. The quantitative estimate of drug-likeness (QED) is 0.787. The van der Waals surface area contributed by atoms with Crippen molar-refractivity contribution in [3.63, 3.8) is 0 Å². The lowest BCUT2D eigenvalue weighted by Crippen LogP contribution is -2.48. The van der Waals surface area contributed by atoms with Crippen molar-refractivity contribution in [2.75, 3.05) is 26.3 Å². The van der Waals surface area contributed by atoms with Gasteiger partial charge in [-0.3, -0.25) is 4.90 Å². The van der Waals surface area contributed by atoms with E-state index >= 15 is 0 Å². The molecule has 17 heavy (non-hydrogen) atoms. The number of hydrogen-bond acceptors (Lipinski definition) is 4. The van der Waals surface area contributed by atoms with Crippen LogP contribution in [0.5, 0.6) is 0 Å². The topological polar surface area (TPSA) is 34.8 Å². The summed E-state index contributed by atoms with van der Waals surface area (Å²) >= 11 is 0. The Morgan fingerprint density at radius 3 is 2.82 bits per heavy atom. The molecule has 2 saturated heterocycles. The van der Waals surface area contributed by atoms with Gasteiger partial charge in [0.15, 0.2) is 5.79 Å². The third kappa shape index (κ3) is 2.39. The zero-order valence-electron chi connectivity index (χ0n) is 10.3. The predicted molar refractivity (Wildman–Crippen MR) is 62.6 cm³/mol. The smallest absolute Gasteiger partial charge is 0.181 e. The Morgan fingerprint density at radius 2 is 2.12 bits per heavy atom. The van der Waals surface area contributed by atoms with Crippen LogP contribution in [0.2, 0.25) is 0 Å². The zero-order chi connectivity index (χ0) is 11.7. The van der Waals surface area contributed by atoms with E-state index in [0.717, 1.165) is 57.2 Å². The molecule has 2 fully saturated rings. The highest BCUT2D eigenvalue weighted by atomic mass is 16.7. The van der Waals surface area contributed by atoms with Gasteiger partial charge in [0.1, 0.15) is 11.5 Å². The summed E-state index contributed by atoms with van der Waals surface area (Å²) in [5.74, 6) is 1.66. The summed E-state index contributed by atoms with van der Waals surface area (Å²) in [6.07, 6.45) is 2.14. The summed E-state index contributed by atoms with van der Waals surface area (Å²) in [7, 11) is 0. The first-order valence-electron chi connectivity index (χ1n) is 6.31. The molecule has 0 saturated carbocycles. The van der Waals surface area contributed by atoms with Crippen molar-refractivity contribution in [3.8, 4) is 0 Å². The molecule has 4 nitrogen and oxygen atoms in total. The fourth-order valence-corrected chi connectivity index (χ4v) is 2.73. The number of hydrogen-bond donors (Lipinski definition) is 0. The number of nitrogens with zero attached hydrogens (tertiary/aromatic N) is 1. The molecule has 0 atom stereocenters. The molecule has 1 spiro atoms. The van der Waals surface area contributed by atoms with E-state index in [1.54, 1.807) is 0 Å². The number of piperidine rings is 1. The Morgan fingerprint density at radius 1 is 1.29 bits per heavy atom. The normalized spacial score (nSPS) is 24.5. The Bertz CT molecular complexity index is 382. The highest BCUT2D eigenvalue weighted by Gasteiger charge is 2.40. The van der Waals surface area contributed by atoms with Crippen LogP contribution in [0.1, 0.15) is 24.4 Å². The van der Waals surface area contributed by atoms with Gasteiger partial charge >= 0.3 is 0 Å². The summed E-state index contributed by atoms with van der Waals surface area (Å²) in [5, 5.41) is 0. The molecule has 2 aliphatic heterocycles. The molecule has 2 aliphatic rings. The van der Waals surface area contributed by atoms with Gasteiger partial charge in [-0.05, 0) is 32.0 Å². The number of furan rings is 1. The molecular weight excluding hydrogens is 218 g/mol. The minimum Gasteiger partial charge on any atom is -0.465 e. The number of rotatable bonds is 2. The van der Waals surface area contributed by atoms with Crippen LogP contribution in [-0.4, -0.2) is 37.0 Å². The van der Waals surface area contributed by atoms with E-state index in [9.17, 15) is 0 Å². The maximum atomic E-state index is 5.76. The minimum atomic E-state index is -0.333. The van der Waals surface area contributed by atoms with Crippen molar-refractivity contribution in [2.45, 2.75) is 32.1 Å². The van der Waals surface area contributed by atoms with Gasteiger partial charge in [-0.2, -0.15) is 0 Å². The Hall–Kier alpha value is -0.840. The van der Waals surface area contributed by atoms with E-state index in [-0.39, 0.29) is 5.79 Å². The number of ether oxygens (including phenoxy) is 2. The maximum Gasteiger partial charge on any atom is 0.181 e. The van der Waals surface area contributed by atoms with Crippen LogP contribution >= 0.6 is 0 Å². The fourth-order valence-electron chi connectivity index (χ4n) is 2.73. The second kappa shape index (κ2) is 4.44. The van der Waals surface area contributed by atoms with E-state index in [0.29, 0.717) is 0 Å². The van der Waals surface area contributed by atoms with E-state index in [1.165, 1.54) is 0 Å². The molecule has 0 aromatic carbocycles. The van der Waals surface area contributed by atoms with Gasteiger partial charge in [-0.15, -0.1) is 0 Å². The van der Waals surface area contributed by atoms with Crippen LogP contribution in [-0.2, 0) is 16.0 Å². The third-order valence-electron chi connectivity index (χ3n) is 3.49. The van der Waals surface area contributed by atoms with Crippen molar-refractivity contribution < 1.29 is 13.9 Å². The van der Waals surface area contributed by atoms with Gasteiger partial charge in [0.05, 0.1) is 26.3 Å². The van der Waals surface area contributed by atoms with Crippen LogP contribution < -0.4 is 0 Å². The molecule has 0 N–H and O–H groups in total. The molecule has 4 heteroatoms. The van der Waals surface area contributed by atoms with Crippen LogP contribution in [0.4, 0.5) is 0 Å². The van der Waals surface area contributed by atoms with E-state index in [1.807, 2.05) is 19.1 Å². The van der Waals surface area contributed by atoms with Gasteiger partial charge in [0.2, 0.25) is 0 Å². The van der Waals surface area contributed by atoms with Gasteiger partial charge in [0, 0.05) is 6.42 Å².